The average Bonchev–Trinajstić information content (AvgIpc) is 2.70. The fourth-order valence-electron chi connectivity index (χ4n) is 1.54. The van der Waals surface area contributed by atoms with Gasteiger partial charge in [-0.2, -0.15) is 18.3 Å². The van der Waals surface area contributed by atoms with E-state index in [0.717, 1.165) is 0 Å². The summed E-state index contributed by atoms with van der Waals surface area (Å²) in [5.74, 6) is 0. The van der Waals surface area contributed by atoms with Crippen LogP contribution in [0.5, 0.6) is 0 Å². The topological polar surface area (TPSA) is 29.9 Å². The molecule has 1 unspecified atom stereocenters. The summed E-state index contributed by atoms with van der Waals surface area (Å²) in [6.07, 6.45) is -0.448. The number of halogens is 3. The monoisotopic (exact) mass is 249 g/mol. The van der Waals surface area contributed by atoms with Crippen LogP contribution in [0.2, 0.25) is 0 Å². The van der Waals surface area contributed by atoms with Gasteiger partial charge in [-0.3, -0.25) is 4.68 Å². The summed E-state index contributed by atoms with van der Waals surface area (Å²) in [5, 5.41) is 6.49. The van der Waals surface area contributed by atoms with Crippen LogP contribution in [0.4, 0.5) is 13.2 Å². The highest BCUT2D eigenvalue weighted by molar-refractivity contribution is 5.07. The van der Waals surface area contributed by atoms with E-state index >= 15 is 0 Å². The van der Waals surface area contributed by atoms with E-state index in [-0.39, 0.29) is 6.42 Å². The van der Waals surface area contributed by atoms with Gasteiger partial charge in [-0.05, 0) is 31.9 Å². The van der Waals surface area contributed by atoms with Crippen molar-refractivity contribution in [2.24, 2.45) is 0 Å². The van der Waals surface area contributed by atoms with E-state index in [9.17, 15) is 13.2 Å². The van der Waals surface area contributed by atoms with Crippen LogP contribution in [0.1, 0.15) is 25.8 Å². The van der Waals surface area contributed by atoms with Crippen LogP contribution in [0.25, 0.3) is 0 Å². The minimum absolute atomic E-state index is 0.0660. The molecule has 17 heavy (non-hydrogen) atoms. The molecule has 1 aromatic heterocycles. The van der Waals surface area contributed by atoms with Crippen LogP contribution in [-0.2, 0) is 13.0 Å². The number of alkyl halides is 3. The Morgan fingerprint density at radius 1 is 1.41 bits per heavy atom. The molecular weight excluding hydrogens is 231 g/mol. The third-order valence-corrected chi connectivity index (χ3v) is 2.49. The Morgan fingerprint density at radius 2 is 2.12 bits per heavy atom. The Hall–Kier alpha value is -1.04. The smallest absolute Gasteiger partial charge is 0.306 e. The molecule has 0 fully saturated rings. The van der Waals surface area contributed by atoms with Crippen molar-refractivity contribution in [1.82, 2.24) is 15.1 Å². The second-order valence-corrected chi connectivity index (χ2v) is 3.96. The van der Waals surface area contributed by atoms with Gasteiger partial charge in [-0.1, -0.05) is 6.92 Å². The zero-order valence-corrected chi connectivity index (χ0v) is 10.1. The molecule has 0 aliphatic rings. The maximum absolute atomic E-state index is 12.7. The van der Waals surface area contributed by atoms with Gasteiger partial charge in [0.2, 0.25) is 0 Å². The highest BCUT2D eigenvalue weighted by atomic mass is 19.4. The Morgan fingerprint density at radius 3 is 2.59 bits per heavy atom. The maximum atomic E-state index is 12.7. The highest BCUT2D eigenvalue weighted by Gasteiger charge is 2.39. The molecule has 0 bridgehead atoms. The number of rotatable bonds is 6. The van der Waals surface area contributed by atoms with Crippen molar-refractivity contribution in [3.05, 3.63) is 18.0 Å². The molecule has 3 nitrogen and oxygen atoms in total. The third kappa shape index (κ3) is 4.38. The van der Waals surface area contributed by atoms with Crippen molar-refractivity contribution >= 4 is 0 Å². The van der Waals surface area contributed by atoms with Crippen molar-refractivity contribution in [3.63, 3.8) is 0 Å². The van der Waals surface area contributed by atoms with Gasteiger partial charge in [0, 0.05) is 12.7 Å². The zero-order valence-electron chi connectivity index (χ0n) is 10.1. The van der Waals surface area contributed by atoms with E-state index in [4.69, 9.17) is 0 Å². The Kier molecular flexibility index (Phi) is 4.99. The first-order valence-electron chi connectivity index (χ1n) is 5.78. The van der Waals surface area contributed by atoms with E-state index in [0.29, 0.717) is 25.1 Å². The Balaban J connectivity index is 2.65. The second-order valence-electron chi connectivity index (χ2n) is 3.96. The second kappa shape index (κ2) is 6.05. The van der Waals surface area contributed by atoms with Gasteiger partial charge < -0.3 is 5.32 Å². The number of nitrogens with zero attached hydrogens (tertiary/aromatic N) is 2. The summed E-state index contributed by atoms with van der Waals surface area (Å²) in [6.45, 7) is 4.77. The number of aryl methyl sites for hydroxylation is 1. The van der Waals surface area contributed by atoms with Crippen LogP contribution in [0.3, 0.4) is 0 Å². The van der Waals surface area contributed by atoms with Gasteiger partial charge in [0.05, 0.1) is 6.20 Å². The van der Waals surface area contributed by atoms with Crippen molar-refractivity contribution in [2.75, 3.05) is 6.54 Å². The fourth-order valence-corrected chi connectivity index (χ4v) is 1.54. The van der Waals surface area contributed by atoms with Gasteiger partial charge in [-0.25, -0.2) is 0 Å². The van der Waals surface area contributed by atoms with Crippen LogP contribution < -0.4 is 5.32 Å². The number of aromatic nitrogens is 2. The normalized spacial score (nSPS) is 13.9. The van der Waals surface area contributed by atoms with Crippen LogP contribution in [0, 0.1) is 0 Å². The predicted octanol–water partition coefficient (Wildman–Crippen LogP) is 2.38. The first kappa shape index (κ1) is 14.0. The van der Waals surface area contributed by atoms with Gasteiger partial charge >= 0.3 is 6.18 Å². The fraction of sp³-hybridized carbons (Fsp3) is 0.727. The van der Waals surface area contributed by atoms with Crippen molar-refractivity contribution < 1.29 is 13.2 Å². The van der Waals surface area contributed by atoms with Crippen LogP contribution in [-0.4, -0.2) is 28.5 Å². The molecule has 98 valence electrons. The van der Waals surface area contributed by atoms with Crippen LogP contribution in [0.15, 0.2) is 12.4 Å². The summed E-state index contributed by atoms with van der Waals surface area (Å²) in [5.41, 5.74) is 0.609. The molecule has 0 amide bonds. The third-order valence-electron chi connectivity index (χ3n) is 2.49. The zero-order chi connectivity index (χ0) is 12.9. The lowest BCUT2D eigenvalue weighted by Crippen LogP contribution is -2.44. The molecule has 0 radical (unpaired) electrons. The summed E-state index contributed by atoms with van der Waals surface area (Å²) in [7, 11) is 0. The number of hydrogen-bond donors (Lipinski definition) is 1. The molecule has 0 aliphatic heterocycles. The van der Waals surface area contributed by atoms with Crippen molar-refractivity contribution in [3.8, 4) is 0 Å². The standard InChI is InChI=1S/C11H18F3N3/c1-3-5-15-10(11(12,13)14)6-9-7-16-17(4-2)8-9/h7-8,10,15H,3-6H2,1-2H3. The van der Waals surface area contributed by atoms with E-state index in [2.05, 4.69) is 10.4 Å². The van der Waals surface area contributed by atoms with E-state index in [1.807, 2.05) is 13.8 Å². The van der Waals surface area contributed by atoms with Gasteiger partial charge in [-0.15, -0.1) is 0 Å². The molecule has 1 heterocycles. The first-order valence-corrected chi connectivity index (χ1v) is 5.78. The predicted molar refractivity (Wildman–Crippen MR) is 59.7 cm³/mol. The molecule has 6 heteroatoms. The van der Waals surface area contributed by atoms with E-state index in [1.54, 1.807) is 10.9 Å². The first-order chi connectivity index (χ1) is 7.97. The highest BCUT2D eigenvalue weighted by Crippen LogP contribution is 2.23. The molecule has 0 saturated heterocycles. The van der Waals surface area contributed by atoms with Crippen molar-refractivity contribution in [2.45, 2.75) is 45.5 Å². The summed E-state index contributed by atoms with van der Waals surface area (Å²) in [6, 6.07) is -1.49. The van der Waals surface area contributed by atoms with Gasteiger partial charge in [0.25, 0.3) is 0 Å². The van der Waals surface area contributed by atoms with Gasteiger partial charge in [0.1, 0.15) is 6.04 Å². The molecular formula is C11H18F3N3. The van der Waals surface area contributed by atoms with E-state index < -0.39 is 12.2 Å². The largest absolute Gasteiger partial charge is 0.404 e. The SMILES string of the molecule is CCCNC(Cc1cnn(CC)c1)C(F)(F)F. The minimum atomic E-state index is -4.22. The molecule has 0 spiro atoms. The maximum Gasteiger partial charge on any atom is 0.404 e. The lowest BCUT2D eigenvalue weighted by molar-refractivity contribution is -0.155. The molecule has 0 aromatic carbocycles. The average molecular weight is 249 g/mol. The molecule has 1 rings (SSSR count). The molecule has 1 atom stereocenters. The lowest BCUT2D eigenvalue weighted by atomic mass is 10.1. The summed E-state index contributed by atoms with van der Waals surface area (Å²) in [4.78, 5) is 0. The van der Waals surface area contributed by atoms with Crippen molar-refractivity contribution in [1.29, 1.82) is 0 Å². The lowest BCUT2D eigenvalue weighted by Gasteiger charge is -2.20. The summed E-state index contributed by atoms with van der Waals surface area (Å²) >= 11 is 0. The van der Waals surface area contributed by atoms with Gasteiger partial charge in [0.15, 0.2) is 0 Å². The molecule has 0 aliphatic carbocycles. The molecule has 0 saturated carbocycles. The van der Waals surface area contributed by atoms with Crippen LogP contribution >= 0.6 is 0 Å². The van der Waals surface area contributed by atoms with E-state index in [1.165, 1.54) is 6.20 Å². The molecule has 1 aromatic rings. The number of hydrogen-bond acceptors (Lipinski definition) is 2. The Bertz CT molecular complexity index is 333. The molecule has 1 N–H and O–H groups in total. The number of nitrogens with one attached hydrogen (secondary N) is 1. The quantitative estimate of drug-likeness (QED) is 0.838. The summed E-state index contributed by atoms with van der Waals surface area (Å²) < 4.78 is 39.8. The Labute approximate surface area is 99.0 Å². The minimum Gasteiger partial charge on any atom is -0.306 e.